The van der Waals surface area contributed by atoms with Gasteiger partial charge in [-0.2, -0.15) is 0 Å². The molecule has 0 heterocycles. The standard InChI is InChI=1S/C15H19F4NO4S2/c1-15(2,3)20-8(21)6-4-5-7-25-13-9(16)11(18)14(26-24-23-22)12(19)10(13)17/h22H,4-7H2,1-3H3,(H,20,21). The second-order valence-electron chi connectivity index (χ2n) is 6.24. The highest BCUT2D eigenvalue weighted by Gasteiger charge is 2.27. The molecule has 0 aliphatic heterocycles. The van der Waals surface area contributed by atoms with Gasteiger partial charge in [-0.1, -0.05) is 5.04 Å². The summed E-state index contributed by atoms with van der Waals surface area (Å²) in [5.41, 5.74) is -0.350. The topological polar surface area (TPSA) is 67.8 Å². The molecule has 0 fully saturated rings. The number of halogens is 4. The van der Waals surface area contributed by atoms with Gasteiger partial charge in [0.2, 0.25) is 5.91 Å². The quantitative estimate of drug-likeness (QED) is 0.114. The number of hydrogen-bond acceptors (Lipinski definition) is 6. The highest BCUT2D eigenvalue weighted by Crippen LogP contribution is 2.36. The summed E-state index contributed by atoms with van der Waals surface area (Å²) in [6, 6.07) is 0. The SMILES string of the molecule is CC(C)(C)NC(=O)CCCCSc1c(F)c(F)c(SOOO)c(F)c1F. The number of amides is 1. The molecule has 5 nitrogen and oxygen atoms in total. The smallest absolute Gasteiger partial charge is 0.220 e. The van der Waals surface area contributed by atoms with E-state index < -0.39 is 33.1 Å². The summed E-state index contributed by atoms with van der Waals surface area (Å²) in [4.78, 5) is 9.72. The minimum absolute atomic E-state index is 0.149. The Bertz CT molecular complexity index is 612. The Morgan fingerprint density at radius 2 is 1.58 bits per heavy atom. The van der Waals surface area contributed by atoms with Crippen molar-refractivity contribution in [3.8, 4) is 0 Å². The van der Waals surface area contributed by atoms with Crippen molar-refractivity contribution in [2.75, 3.05) is 5.75 Å². The van der Waals surface area contributed by atoms with Crippen LogP contribution in [0, 0.1) is 23.3 Å². The van der Waals surface area contributed by atoms with Gasteiger partial charge in [0.25, 0.3) is 0 Å². The predicted molar refractivity (Wildman–Crippen MR) is 89.4 cm³/mol. The molecular weight excluding hydrogens is 398 g/mol. The van der Waals surface area contributed by atoms with Crippen molar-refractivity contribution < 1.29 is 37.0 Å². The zero-order valence-corrected chi connectivity index (χ0v) is 16.0. The van der Waals surface area contributed by atoms with Gasteiger partial charge in [-0.25, -0.2) is 22.8 Å². The summed E-state index contributed by atoms with van der Waals surface area (Å²) < 4.78 is 59.2. The first kappa shape index (κ1) is 23.0. The number of hydrogen-bond donors (Lipinski definition) is 2. The van der Waals surface area contributed by atoms with E-state index in [2.05, 4.69) is 14.7 Å². The maximum atomic E-state index is 13.9. The average Bonchev–Trinajstić information content (AvgIpc) is 2.54. The minimum atomic E-state index is -1.65. The molecule has 1 aromatic carbocycles. The van der Waals surface area contributed by atoms with Crippen LogP contribution >= 0.6 is 23.8 Å². The Hall–Kier alpha value is -1.01. The van der Waals surface area contributed by atoms with E-state index in [0.29, 0.717) is 24.6 Å². The number of nitrogens with one attached hydrogen (secondary N) is 1. The number of unbranched alkanes of at least 4 members (excludes halogenated alkanes) is 1. The molecule has 0 aliphatic carbocycles. The second kappa shape index (κ2) is 10.4. The van der Waals surface area contributed by atoms with Gasteiger partial charge in [0.15, 0.2) is 23.3 Å². The lowest BCUT2D eigenvalue weighted by Crippen LogP contribution is -2.40. The van der Waals surface area contributed by atoms with Gasteiger partial charge >= 0.3 is 0 Å². The molecule has 1 amide bonds. The van der Waals surface area contributed by atoms with Crippen LogP contribution in [0.15, 0.2) is 9.79 Å². The van der Waals surface area contributed by atoms with Crippen LogP contribution in [-0.4, -0.2) is 22.5 Å². The summed E-state index contributed by atoms with van der Waals surface area (Å²) in [6.45, 7) is 5.53. The lowest BCUT2D eigenvalue weighted by Gasteiger charge is -2.20. The van der Waals surface area contributed by atoms with Crippen molar-refractivity contribution in [3.63, 3.8) is 0 Å². The molecule has 0 saturated carbocycles. The summed E-state index contributed by atoms with van der Waals surface area (Å²) in [5, 5.41) is 13.9. The molecule has 0 saturated heterocycles. The van der Waals surface area contributed by atoms with Gasteiger partial charge in [-0.15, -0.1) is 16.1 Å². The number of carbonyl (C=O) groups excluding carboxylic acids is 1. The zero-order valence-electron chi connectivity index (χ0n) is 14.3. The third-order valence-electron chi connectivity index (χ3n) is 2.89. The molecule has 0 spiro atoms. The van der Waals surface area contributed by atoms with Crippen LogP contribution in [0.3, 0.4) is 0 Å². The molecule has 0 bridgehead atoms. The highest BCUT2D eigenvalue weighted by molar-refractivity contribution is 7.99. The van der Waals surface area contributed by atoms with Crippen LogP contribution in [0.25, 0.3) is 0 Å². The molecule has 2 N–H and O–H groups in total. The fourth-order valence-electron chi connectivity index (χ4n) is 1.88. The van der Waals surface area contributed by atoms with Gasteiger partial charge in [0, 0.05) is 12.0 Å². The first-order chi connectivity index (χ1) is 12.1. The van der Waals surface area contributed by atoms with Gasteiger partial charge < -0.3 is 5.32 Å². The van der Waals surface area contributed by atoms with Crippen molar-refractivity contribution in [1.82, 2.24) is 5.32 Å². The third kappa shape index (κ3) is 6.95. The molecule has 0 radical (unpaired) electrons. The molecule has 0 aliphatic rings. The van der Waals surface area contributed by atoms with Crippen molar-refractivity contribution in [3.05, 3.63) is 23.3 Å². The van der Waals surface area contributed by atoms with E-state index in [1.165, 1.54) is 0 Å². The minimum Gasteiger partial charge on any atom is -0.352 e. The van der Waals surface area contributed by atoms with Crippen LogP contribution < -0.4 is 5.32 Å². The predicted octanol–water partition coefficient (Wildman–Crippen LogP) is 4.85. The Balaban J connectivity index is 2.62. The van der Waals surface area contributed by atoms with E-state index in [4.69, 9.17) is 5.26 Å². The fourth-order valence-corrected chi connectivity index (χ4v) is 3.29. The Morgan fingerprint density at radius 3 is 2.08 bits per heavy atom. The number of benzene rings is 1. The van der Waals surface area contributed by atoms with E-state index in [-0.39, 0.29) is 35.7 Å². The van der Waals surface area contributed by atoms with Crippen LogP contribution in [0.5, 0.6) is 0 Å². The maximum absolute atomic E-state index is 13.9. The Labute approximate surface area is 156 Å². The first-order valence-electron chi connectivity index (χ1n) is 7.53. The van der Waals surface area contributed by atoms with E-state index in [1.807, 2.05) is 20.8 Å². The lowest BCUT2D eigenvalue weighted by atomic mass is 10.1. The van der Waals surface area contributed by atoms with Crippen molar-refractivity contribution in [2.45, 2.75) is 55.4 Å². The molecule has 148 valence electrons. The number of rotatable bonds is 9. The molecule has 1 aromatic rings. The average molecular weight is 417 g/mol. The molecule has 11 heteroatoms. The Kier molecular flexibility index (Phi) is 9.17. The van der Waals surface area contributed by atoms with Crippen LogP contribution in [0.1, 0.15) is 40.0 Å². The highest BCUT2D eigenvalue weighted by atomic mass is 32.2. The normalized spacial score (nSPS) is 11.7. The summed E-state index contributed by atoms with van der Waals surface area (Å²) in [6.07, 6.45) is 1.11. The van der Waals surface area contributed by atoms with Crippen molar-refractivity contribution in [2.24, 2.45) is 0 Å². The molecule has 26 heavy (non-hydrogen) atoms. The van der Waals surface area contributed by atoms with Crippen LogP contribution in [0.2, 0.25) is 0 Å². The zero-order chi connectivity index (χ0) is 19.9. The van der Waals surface area contributed by atoms with Crippen LogP contribution in [-0.2, 0) is 14.2 Å². The van der Waals surface area contributed by atoms with E-state index in [9.17, 15) is 22.4 Å². The van der Waals surface area contributed by atoms with Gasteiger partial charge in [-0.05, 0) is 39.4 Å². The van der Waals surface area contributed by atoms with Gasteiger partial charge in [0.05, 0.1) is 16.9 Å². The number of carbonyl (C=O) groups is 1. The monoisotopic (exact) mass is 417 g/mol. The first-order valence-corrected chi connectivity index (χ1v) is 9.25. The van der Waals surface area contributed by atoms with E-state index in [0.717, 1.165) is 0 Å². The molecule has 0 aromatic heterocycles. The van der Waals surface area contributed by atoms with Crippen molar-refractivity contribution >= 4 is 29.7 Å². The van der Waals surface area contributed by atoms with Gasteiger partial charge in [-0.3, -0.25) is 4.79 Å². The van der Waals surface area contributed by atoms with E-state index in [1.54, 1.807) is 0 Å². The number of thioether (sulfide) groups is 1. The Morgan fingerprint density at radius 1 is 1.04 bits per heavy atom. The van der Waals surface area contributed by atoms with E-state index >= 15 is 0 Å². The lowest BCUT2D eigenvalue weighted by molar-refractivity contribution is -0.432. The maximum Gasteiger partial charge on any atom is 0.220 e. The van der Waals surface area contributed by atoms with Gasteiger partial charge in [0.1, 0.15) is 4.90 Å². The molecule has 0 unspecified atom stereocenters. The van der Waals surface area contributed by atoms with Crippen LogP contribution in [0.4, 0.5) is 17.6 Å². The summed E-state index contributed by atoms with van der Waals surface area (Å²) >= 11 is 0.401. The summed E-state index contributed by atoms with van der Waals surface area (Å²) in [5.74, 6) is -6.43. The third-order valence-corrected chi connectivity index (χ3v) is 4.68. The summed E-state index contributed by atoms with van der Waals surface area (Å²) in [7, 11) is 0. The van der Waals surface area contributed by atoms with Crippen molar-refractivity contribution in [1.29, 1.82) is 0 Å². The molecule has 0 atom stereocenters. The molecule has 1 rings (SSSR count). The second-order valence-corrected chi connectivity index (χ2v) is 8.06. The largest absolute Gasteiger partial charge is 0.352 e. The molecular formula is C15H19F4NO4S2. The fraction of sp³-hybridized carbons (Fsp3) is 0.533.